The Hall–Kier alpha value is -2.17. The third kappa shape index (κ3) is 2.57. The lowest BCUT2D eigenvalue weighted by Gasteiger charge is -2.25. The minimum Gasteiger partial charge on any atom is -0.377 e. The van der Waals surface area contributed by atoms with E-state index < -0.39 is 5.97 Å². The van der Waals surface area contributed by atoms with Crippen molar-refractivity contribution in [3.63, 3.8) is 0 Å². The summed E-state index contributed by atoms with van der Waals surface area (Å²) in [5.41, 5.74) is 1.36. The fourth-order valence-corrected chi connectivity index (χ4v) is 2.47. The van der Waals surface area contributed by atoms with Crippen LogP contribution in [0.3, 0.4) is 0 Å². The summed E-state index contributed by atoms with van der Waals surface area (Å²) in [5.74, 6) is -0.836. The van der Waals surface area contributed by atoms with Crippen LogP contribution in [0.2, 0.25) is 0 Å². The van der Waals surface area contributed by atoms with E-state index in [2.05, 4.69) is 10.1 Å². The number of carbonyl (C=O) groups excluding carboxylic acids is 1. The Morgan fingerprint density at radius 2 is 2.05 bits per heavy atom. The van der Waals surface area contributed by atoms with Crippen LogP contribution in [-0.2, 0) is 9.63 Å². The van der Waals surface area contributed by atoms with Gasteiger partial charge in [0.1, 0.15) is 17.1 Å². The molecule has 0 radical (unpaired) electrons. The Kier molecular flexibility index (Phi) is 3.50. The molecule has 5 heteroatoms. The second-order valence-corrected chi connectivity index (χ2v) is 4.97. The summed E-state index contributed by atoms with van der Waals surface area (Å²) in [4.78, 5) is 18.6. The molecule has 0 N–H and O–H groups in total. The first kappa shape index (κ1) is 12.8. The number of piperidine rings is 1. The molecule has 0 unspecified atom stereocenters. The molecule has 1 aromatic rings. The first-order valence-corrected chi connectivity index (χ1v) is 6.75. The van der Waals surface area contributed by atoms with Gasteiger partial charge in [-0.05, 0) is 31.4 Å². The van der Waals surface area contributed by atoms with Gasteiger partial charge in [0.25, 0.3) is 0 Å². The molecule has 0 bridgehead atoms. The SMILES string of the molecule is O=C1ON=C(c2cccc(F)c2)C1=CN1CCCCC1. The minimum absolute atomic E-state index is 0.359. The zero-order valence-electron chi connectivity index (χ0n) is 11.0. The second kappa shape index (κ2) is 5.45. The Balaban J connectivity index is 1.90. The zero-order chi connectivity index (χ0) is 13.9. The molecule has 1 aromatic carbocycles. The Morgan fingerprint density at radius 3 is 2.80 bits per heavy atom. The van der Waals surface area contributed by atoms with E-state index in [1.54, 1.807) is 18.3 Å². The smallest absolute Gasteiger partial charge is 0.369 e. The Bertz CT molecular complexity index is 589. The van der Waals surface area contributed by atoms with Crippen molar-refractivity contribution in [1.82, 2.24) is 4.90 Å². The Labute approximate surface area is 116 Å². The van der Waals surface area contributed by atoms with Crippen molar-refractivity contribution in [2.75, 3.05) is 13.1 Å². The number of likely N-dealkylation sites (tertiary alicyclic amines) is 1. The van der Waals surface area contributed by atoms with Crippen molar-refractivity contribution in [3.8, 4) is 0 Å². The van der Waals surface area contributed by atoms with Crippen LogP contribution in [0.4, 0.5) is 4.39 Å². The summed E-state index contributed by atoms with van der Waals surface area (Å²) in [6.07, 6.45) is 5.24. The van der Waals surface area contributed by atoms with Gasteiger partial charge in [0.05, 0.1) is 0 Å². The van der Waals surface area contributed by atoms with Crippen LogP contribution in [0.1, 0.15) is 24.8 Å². The number of hydrogen-bond donors (Lipinski definition) is 0. The summed E-state index contributed by atoms with van der Waals surface area (Å²) in [6.45, 7) is 1.85. The molecule has 2 aliphatic heterocycles. The summed E-state index contributed by atoms with van der Waals surface area (Å²) >= 11 is 0. The molecule has 0 aliphatic carbocycles. The Morgan fingerprint density at radius 1 is 1.25 bits per heavy atom. The van der Waals surface area contributed by atoms with Gasteiger partial charge in [-0.25, -0.2) is 9.18 Å². The van der Waals surface area contributed by atoms with Gasteiger partial charge in [0.2, 0.25) is 0 Å². The van der Waals surface area contributed by atoms with Crippen molar-refractivity contribution < 1.29 is 14.0 Å². The average molecular weight is 274 g/mol. The van der Waals surface area contributed by atoms with Crippen LogP contribution in [0, 0.1) is 5.82 Å². The fourth-order valence-electron chi connectivity index (χ4n) is 2.47. The topological polar surface area (TPSA) is 41.9 Å². The number of benzene rings is 1. The molecule has 0 amide bonds. The lowest BCUT2D eigenvalue weighted by atomic mass is 10.0. The molecule has 0 spiro atoms. The lowest BCUT2D eigenvalue weighted by Crippen LogP contribution is -2.26. The van der Waals surface area contributed by atoms with Crippen molar-refractivity contribution in [3.05, 3.63) is 47.4 Å². The highest BCUT2D eigenvalue weighted by molar-refractivity contribution is 6.28. The highest BCUT2D eigenvalue weighted by atomic mass is 19.1. The summed E-state index contributed by atoms with van der Waals surface area (Å²) in [6, 6.07) is 6.02. The highest BCUT2D eigenvalue weighted by Gasteiger charge is 2.28. The molecule has 20 heavy (non-hydrogen) atoms. The van der Waals surface area contributed by atoms with Crippen LogP contribution in [0.5, 0.6) is 0 Å². The maximum atomic E-state index is 13.3. The predicted octanol–water partition coefficient (Wildman–Crippen LogP) is 2.46. The summed E-state index contributed by atoms with van der Waals surface area (Å²) in [7, 11) is 0. The van der Waals surface area contributed by atoms with Crippen molar-refractivity contribution >= 4 is 11.7 Å². The van der Waals surface area contributed by atoms with E-state index in [4.69, 9.17) is 4.84 Å². The van der Waals surface area contributed by atoms with Gasteiger partial charge in [-0.3, -0.25) is 0 Å². The first-order chi connectivity index (χ1) is 9.74. The van der Waals surface area contributed by atoms with Crippen LogP contribution in [-0.4, -0.2) is 29.7 Å². The van der Waals surface area contributed by atoms with Gasteiger partial charge < -0.3 is 9.74 Å². The molecule has 1 saturated heterocycles. The van der Waals surface area contributed by atoms with Gasteiger partial charge in [-0.1, -0.05) is 17.3 Å². The van der Waals surface area contributed by atoms with Gasteiger partial charge in [0.15, 0.2) is 0 Å². The average Bonchev–Trinajstić information content (AvgIpc) is 2.82. The molecule has 1 fully saturated rings. The molecule has 4 nitrogen and oxygen atoms in total. The molecular weight excluding hydrogens is 259 g/mol. The van der Waals surface area contributed by atoms with Crippen LogP contribution >= 0.6 is 0 Å². The number of carbonyl (C=O) groups is 1. The van der Waals surface area contributed by atoms with Crippen molar-refractivity contribution in [2.24, 2.45) is 5.16 Å². The van der Waals surface area contributed by atoms with Gasteiger partial charge in [0, 0.05) is 24.9 Å². The molecule has 0 saturated carbocycles. The quantitative estimate of drug-likeness (QED) is 0.614. The largest absolute Gasteiger partial charge is 0.377 e. The number of rotatable bonds is 2. The number of hydrogen-bond acceptors (Lipinski definition) is 4. The summed E-state index contributed by atoms with van der Waals surface area (Å²) in [5, 5.41) is 3.78. The third-order valence-electron chi connectivity index (χ3n) is 3.50. The van der Waals surface area contributed by atoms with E-state index in [9.17, 15) is 9.18 Å². The molecule has 2 heterocycles. The minimum atomic E-state index is -0.477. The predicted molar refractivity (Wildman–Crippen MR) is 72.5 cm³/mol. The van der Waals surface area contributed by atoms with Gasteiger partial charge >= 0.3 is 5.97 Å². The van der Waals surface area contributed by atoms with Crippen molar-refractivity contribution in [1.29, 1.82) is 0 Å². The number of oxime groups is 1. The van der Waals surface area contributed by atoms with E-state index in [1.807, 2.05) is 0 Å². The van der Waals surface area contributed by atoms with E-state index in [0.29, 0.717) is 16.8 Å². The normalized spacial score (nSPS) is 21.1. The molecule has 3 rings (SSSR count). The molecule has 0 aromatic heterocycles. The van der Waals surface area contributed by atoms with Crippen LogP contribution in [0.25, 0.3) is 0 Å². The number of halogens is 1. The maximum Gasteiger partial charge on any atom is 0.369 e. The molecule has 0 atom stereocenters. The standard InChI is InChI=1S/C15H15FN2O2/c16-12-6-4-5-11(9-12)14-13(15(19)20-17-14)10-18-7-2-1-3-8-18/h4-6,9-10H,1-3,7-8H2. The van der Waals surface area contributed by atoms with Crippen molar-refractivity contribution in [2.45, 2.75) is 19.3 Å². The first-order valence-electron chi connectivity index (χ1n) is 6.75. The van der Waals surface area contributed by atoms with Gasteiger partial charge in [-0.2, -0.15) is 0 Å². The monoisotopic (exact) mass is 274 g/mol. The molecular formula is C15H15FN2O2. The molecule has 2 aliphatic rings. The number of nitrogens with zero attached hydrogens (tertiary/aromatic N) is 2. The lowest BCUT2D eigenvalue weighted by molar-refractivity contribution is -0.136. The van der Waals surface area contributed by atoms with E-state index in [1.165, 1.54) is 18.6 Å². The van der Waals surface area contributed by atoms with Crippen LogP contribution in [0.15, 0.2) is 41.2 Å². The van der Waals surface area contributed by atoms with E-state index in [0.717, 1.165) is 25.9 Å². The molecule has 104 valence electrons. The second-order valence-electron chi connectivity index (χ2n) is 4.97. The van der Waals surface area contributed by atoms with E-state index in [-0.39, 0.29) is 5.82 Å². The van der Waals surface area contributed by atoms with Gasteiger partial charge in [-0.15, -0.1) is 0 Å². The van der Waals surface area contributed by atoms with E-state index >= 15 is 0 Å². The summed E-state index contributed by atoms with van der Waals surface area (Å²) < 4.78 is 13.3. The zero-order valence-corrected chi connectivity index (χ0v) is 11.0. The highest BCUT2D eigenvalue weighted by Crippen LogP contribution is 2.20. The maximum absolute atomic E-state index is 13.3. The third-order valence-corrected chi connectivity index (χ3v) is 3.50. The fraction of sp³-hybridized carbons (Fsp3) is 0.333. The van der Waals surface area contributed by atoms with Crippen LogP contribution < -0.4 is 0 Å².